The molecule has 0 fully saturated rings. The molecule has 0 aromatic heterocycles. The van der Waals surface area contributed by atoms with Crippen molar-refractivity contribution in [2.45, 2.75) is 32.1 Å². The van der Waals surface area contributed by atoms with Crippen LogP contribution < -0.4 is 4.72 Å². The van der Waals surface area contributed by atoms with Crippen LogP contribution in [0.15, 0.2) is 41.3 Å². The fourth-order valence-electron chi connectivity index (χ4n) is 2.89. The second-order valence-electron chi connectivity index (χ2n) is 6.46. The summed E-state index contributed by atoms with van der Waals surface area (Å²) in [5.41, 5.74) is 3.25. The fraction of sp³-hybridized carbons (Fsp3) is 0.300. The number of carbonyl (C=O) groups excluding carboxylic acids is 2. The van der Waals surface area contributed by atoms with E-state index in [1.807, 2.05) is 32.9 Å². The summed E-state index contributed by atoms with van der Waals surface area (Å²) in [6.45, 7) is 5.09. The van der Waals surface area contributed by atoms with Gasteiger partial charge in [0.05, 0.1) is 11.3 Å². The minimum atomic E-state index is -3.75. The predicted molar refractivity (Wildman–Crippen MR) is 107 cm³/mol. The zero-order chi connectivity index (χ0) is 20.9. The molecule has 150 valence electrons. The molecule has 0 atom stereocenters. The zero-order valence-corrected chi connectivity index (χ0v) is 17.5. The fourth-order valence-corrected chi connectivity index (χ4v) is 4.05. The second kappa shape index (κ2) is 9.32. The molecule has 0 aliphatic rings. The molecule has 2 aromatic rings. The molecular weight excluding hydrogens is 402 g/mol. The highest BCUT2D eigenvalue weighted by atomic mass is 35.5. The average Bonchev–Trinajstić information content (AvgIpc) is 2.59. The maximum Gasteiger partial charge on any atom is 0.307 e. The van der Waals surface area contributed by atoms with Gasteiger partial charge < -0.3 is 4.74 Å². The SMILES string of the molecule is Cc1cc(C)c(C(=O)COC(=O)CCNS(=O)(=O)c2ccc(Cl)cc2)c(C)c1. The van der Waals surface area contributed by atoms with Crippen molar-refractivity contribution in [3.8, 4) is 0 Å². The topological polar surface area (TPSA) is 89.5 Å². The molecule has 2 rings (SSSR count). The largest absolute Gasteiger partial charge is 0.457 e. The third kappa shape index (κ3) is 5.89. The maximum atomic E-state index is 12.3. The molecule has 0 saturated heterocycles. The number of sulfonamides is 1. The van der Waals surface area contributed by atoms with E-state index in [0.717, 1.165) is 16.7 Å². The lowest BCUT2D eigenvalue weighted by atomic mass is 9.97. The van der Waals surface area contributed by atoms with Gasteiger partial charge in [0.2, 0.25) is 15.8 Å². The van der Waals surface area contributed by atoms with Crippen LogP contribution in [0.1, 0.15) is 33.5 Å². The highest BCUT2D eigenvalue weighted by Gasteiger charge is 2.17. The van der Waals surface area contributed by atoms with E-state index in [2.05, 4.69) is 4.72 Å². The van der Waals surface area contributed by atoms with Crippen molar-refractivity contribution < 1.29 is 22.7 Å². The number of rotatable bonds is 8. The Hall–Kier alpha value is -2.22. The lowest BCUT2D eigenvalue weighted by Gasteiger charge is -2.11. The molecule has 6 nitrogen and oxygen atoms in total. The van der Waals surface area contributed by atoms with Crippen LogP contribution >= 0.6 is 11.6 Å². The van der Waals surface area contributed by atoms with Crippen LogP contribution in [0.25, 0.3) is 0 Å². The summed E-state index contributed by atoms with van der Waals surface area (Å²) >= 11 is 5.74. The summed E-state index contributed by atoms with van der Waals surface area (Å²) in [6, 6.07) is 9.46. The van der Waals surface area contributed by atoms with Crippen molar-refractivity contribution in [3.05, 3.63) is 63.7 Å². The second-order valence-corrected chi connectivity index (χ2v) is 8.66. The number of Topliss-reactive ketones (excluding diaryl/α,β-unsaturated/α-hetero) is 1. The lowest BCUT2D eigenvalue weighted by molar-refractivity contribution is -0.142. The number of esters is 1. The van der Waals surface area contributed by atoms with Gasteiger partial charge in [-0.1, -0.05) is 29.3 Å². The monoisotopic (exact) mass is 423 g/mol. The molecule has 0 saturated carbocycles. The molecule has 0 spiro atoms. The normalized spacial score (nSPS) is 11.3. The van der Waals surface area contributed by atoms with Crippen LogP contribution in [0.2, 0.25) is 5.02 Å². The molecule has 0 aliphatic heterocycles. The van der Waals surface area contributed by atoms with Crippen LogP contribution in [0.5, 0.6) is 0 Å². The van der Waals surface area contributed by atoms with Crippen molar-refractivity contribution in [2.75, 3.05) is 13.2 Å². The Kier molecular flexibility index (Phi) is 7.35. The van der Waals surface area contributed by atoms with Crippen LogP contribution in [0, 0.1) is 20.8 Å². The highest BCUT2D eigenvalue weighted by Crippen LogP contribution is 2.17. The van der Waals surface area contributed by atoms with E-state index in [1.165, 1.54) is 24.3 Å². The van der Waals surface area contributed by atoms with Crippen LogP contribution in [0.4, 0.5) is 0 Å². The van der Waals surface area contributed by atoms with Crippen molar-refractivity contribution >= 4 is 33.4 Å². The lowest BCUT2D eigenvalue weighted by Crippen LogP contribution is -2.27. The quantitative estimate of drug-likeness (QED) is 0.519. The minimum absolute atomic E-state index is 0.0470. The molecule has 28 heavy (non-hydrogen) atoms. The van der Waals surface area contributed by atoms with E-state index in [0.29, 0.717) is 10.6 Å². The number of hydrogen-bond acceptors (Lipinski definition) is 5. The Morgan fingerprint density at radius 2 is 1.61 bits per heavy atom. The van der Waals surface area contributed by atoms with Crippen molar-refractivity contribution in [3.63, 3.8) is 0 Å². The van der Waals surface area contributed by atoms with E-state index < -0.39 is 16.0 Å². The van der Waals surface area contributed by atoms with E-state index in [9.17, 15) is 18.0 Å². The summed E-state index contributed by atoms with van der Waals surface area (Å²) in [6.07, 6.45) is -0.189. The van der Waals surface area contributed by atoms with Gasteiger partial charge in [0, 0.05) is 17.1 Å². The molecule has 0 radical (unpaired) electrons. The first-order chi connectivity index (χ1) is 13.1. The summed E-state index contributed by atoms with van der Waals surface area (Å²) < 4.78 is 31.5. The maximum absolute atomic E-state index is 12.3. The number of benzene rings is 2. The van der Waals surface area contributed by atoms with Crippen LogP contribution in [-0.4, -0.2) is 33.3 Å². The van der Waals surface area contributed by atoms with E-state index >= 15 is 0 Å². The number of halogens is 1. The Labute approximate surface area is 169 Å². The molecule has 0 unspecified atom stereocenters. The van der Waals surface area contributed by atoms with Crippen molar-refractivity contribution in [1.29, 1.82) is 0 Å². The Morgan fingerprint density at radius 3 is 2.18 bits per heavy atom. The predicted octanol–water partition coefficient (Wildman–Crippen LogP) is 3.36. The first-order valence-electron chi connectivity index (χ1n) is 8.62. The Bertz CT molecular complexity index is 961. The number of hydrogen-bond donors (Lipinski definition) is 1. The van der Waals surface area contributed by atoms with Crippen molar-refractivity contribution in [2.24, 2.45) is 0 Å². The van der Waals surface area contributed by atoms with Gasteiger partial charge in [0.25, 0.3) is 0 Å². The summed E-state index contributed by atoms with van der Waals surface area (Å²) in [5.74, 6) is -0.945. The van der Waals surface area contributed by atoms with E-state index in [-0.39, 0.29) is 30.3 Å². The molecule has 0 bridgehead atoms. The van der Waals surface area contributed by atoms with Crippen LogP contribution in [-0.2, 0) is 19.6 Å². The number of ether oxygens (including phenoxy) is 1. The number of nitrogens with one attached hydrogen (secondary N) is 1. The molecule has 0 amide bonds. The molecule has 0 heterocycles. The zero-order valence-electron chi connectivity index (χ0n) is 15.9. The smallest absolute Gasteiger partial charge is 0.307 e. The molecule has 1 N–H and O–H groups in total. The van der Waals surface area contributed by atoms with Gasteiger partial charge >= 0.3 is 5.97 Å². The Morgan fingerprint density at radius 1 is 1.04 bits per heavy atom. The molecular formula is C20H22ClNO5S. The van der Waals surface area contributed by atoms with Gasteiger partial charge in [-0.05, 0) is 56.2 Å². The van der Waals surface area contributed by atoms with E-state index in [4.69, 9.17) is 16.3 Å². The molecule has 8 heteroatoms. The molecule has 0 aliphatic carbocycles. The number of carbonyl (C=O) groups is 2. The first kappa shape index (κ1) is 22.1. The van der Waals surface area contributed by atoms with Gasteiger partial charge in [-0.2, -0.15) is 0 Å². The van der Waals surface area contributed by atoms with E-state index in [1.54, 1.807) is 0 Å². The van der Waals surface area contributed by atoms with Crippen molar-refractivity contribution in [1.82, 2.24) is 4.72 Å². The van der Waals surface area contributed by atoms with Crippen LogP contribution in [0.3, 0.4) is 0 Å². The average molecular weight is 424 g/mol. The third-order valence-corrected chi connectivity index (χ3v) is 5.79. The molecule has 2 aromatic carbocycles. The minimum Gasteiger partial charge on any atom is -0.457 e. The van der Waals surface area contributed by atoms with Gasteiger partial charge in [-0.15, -0.1) is 0 Å². The first-order valence-corrected chi connectivity index (χ1v) is 10.5. The van der Waals surface area contributed by atoms with Gasteiger partial charge in [0.15, 0.2) is 6.61 Å². The van der Waals surface area contributed by atoms with Gasteiger partial charge in [0.1, 0.15) is 0 Å². The summed E-state index contributed by atoms with van der Waals surface area (Å²) in [5, 5.41) is 0.422. The van der Waals surface area contributed by atoms with Gasteiger partial charge in [-0.3, -0.25) is 9.59 Å². The summed E-state index contributed by atoms with van der Waals surface area (Å²) in [4.78, 5) is 24.2. The summed E-state index contributed by atoms with van der Waals surface area (Å²) in [7, 11) is -3.75. The third-order valence-electron chi connectivity index (χ3n) is 4.07. The number of aryl methyl sites for hydroxylation is 3. The Balaban J connectivity index is 1.85. The number of ketones is 1. The standard InChI is InChI=1S/C20H22ClNO5S/c1-13-10-14(2)20(15(3)11-13)18(23)12-27-19(24)8-9-22-28(25,26)17-6-4-16(21)5-7-17/h4-7,10-11,22H,8-9,12H2,1-3H3. The van der Waals surface area contributed by atoms with Gasteiger partial charge in [-0.25, -0.2) is 13.1 Å². The highest BCUT2D eigenvalue weighted by molar-refractivity contribution is 7.89.